The molecular formula is C21H22ClFN2. The van der Waals surface area contributed by atoms with Gasteiger partial charge in [0.25, 0.3) is 0 Å². The molecule has 0 saturated heterocycles. The molecular weight excluding hydrogens is 335 g/mol. The molecule has 0 N–H and O–H groups in total. The van der Waals surface area contributed by atoms with Crippen molar-refractivity contribution in [2.45, 2.75) is 25.6 Å². The molecule has 1 unspecified atom stereocenters. The molecule has 2 heterocycles. The van der Waals surface area contributed by atoms with Crippen molar-refractivity contribution in [3.05, 3.63) is 70.4 Å². The number of nitrogens with zero attached hydrogens (tertiary/aromatic N) is 2. The van der Waals surface area contributed by atoms with Gasteiger partial charge in [0.1, 0.15) is 0 Å². The van der Waals surface area contributed by atoms with E-state index in [0.717, 1.165) is 48.1 Å². The average molecular weight is 357 g/mol. The number of fused-ring (bicyclic) bond motifs is 3. The molecule has 2 aromatic carbocycles. The summed E-state index contributed by atoms with van der Waals surface area (Å²) in [6, 6.07) is 15.7. The number of rotatable bonds is 3. The highest BCUT2D eigenvalue weighted by atomic mass is 35.5. The fraction of sp³-hybridized carbons (Fsp3) is 0.333. The molecule has 0 spiro atoms. The zero-order valence-electron chi connectivity index (χ0n) is 14.4. The Kier molecular flexibility index (Phi) is 4.53. The molecule has 1 aliphatic rings. The number of hydrogen-bond acceptors (Lipinski definition) is 1. The first-order chi connectivity index (χ1) is 12.1. The number of alkyl halides is 1. The SMILES string of the molecule is CN1CCc2c(n(C(F)Cc3ccccc3)c3ccc(Cl)cc23)CC1. The highest BCUT2D eigenvalue weighted by molar-refractivity contribution is 6.31. The van der Waals surface area contributed by atoms with Crippen LogP contribution in [0.15, 0.2) is 48.5 Å². The van der Waals surface area contributed by atoms with Gasteiger partial charge < -0.3 is 9.47 Å². The zero-order valence-corrected chi connectivity index (χ0v) is 15.1. The number of likely N-dealkylation sites (N-methyl/N-ethyl adjacent to an activating group) is 1. The fourth-order valence-corrected chi connectivity index (χ4v) is 4.06. The molecule has 0 fully saturated rings. The van der Waals surface area contributed by atoms with E-state index in [1.54, 1.807) is 0 Å². The van der Waals surface area contributed by atoms with E-state index in [1.165, 1.54) is 5.56 Å². The topological polar surface area (TPSA) is 8.17 Å². The highest BCUT2D eigenvalue weighted by Gasteiger charge is 2.24. The number of aromatic nitrogens is 1. The van der Waals surface area contributed by atoms with Crippen molar-refractivity contribution in [3.63, 3.8) is 0 Å². The maximum Gasteiger partial charge on any atom is 0.180 e. The van der Waals surface area contributed by atoms with Crippen molar-refractivity contribution < 1.29 is 4.39 Å². The van der Waals surface area contributed by atoms with E-state index in [4.69, 9.17) is 11.6 Å². The van der Waals surface area contributed by atoms with Gasteiger partial charge in [-0.05, 0) is 42.8 Å². The van der Waals surface area contributed by atoms with Gasteiger partial charge in [-0.3, -0.25) is 0 Å². The van der Waals surface area contributed by atoms with Gasteiger partial charge in [-0.25, -0.2) is 4.39 Å². The van der Waals surface area contributed by atoms with Gasteiger partial charge in [0.05, 0.1) is 5.52 Å². The highest BCUT2D eigenvalue weighted by Crippen LogP contribution is 2.35. The van der Waals surface area contributed by atoms with E-state index in [1.807, 2.05) is 53.1 Å². The van der Waals surface area contributed by atoms with Crippen LogP contribution in [0.4, 0.5) is 4.39 Å². The largest absolute Gasteiger partial charge is 0.313 e. The van der Waals surface area contributed by atoms with Crippen LogP contribution in [-0.4, -0.2) is 29.6 Å². The van der Waals surface area contributed by atoms with Crippen LogP contribution < -0.4 is 0 Å². The van der Waals surface area contributed by atoms with Crippen molar-refractivity contribution in [3.8, 4) is 0 Å². The van der Waals surface area contributed by atoms with Crippen molar-refractivity contribution >= 4 is 22.5 Å². The van der Waals surface area contributed by atoms with Crippen LogP contribution in [0.25, 0.3) is 10.9 Å². The van der Waals surface area contributed by atoms with E-state index in [2.05, 4.69) is 11.9 Å². The van der Waals surface area contributed by atoms with Crippen LogP contribution >= 0.6 is 11.6 Å². The molecule has 0 bridgehead atoms. The summed E-state index contributed by atoms with van der Waals surface area (Å²) >= 11 is 6.24. The Morgan fingerprint density at radius 1 is 1.08 bits per heavy atom. The summed E-state index contributed by atoms with van der Waals surface area (Å²) in [5.41, 5.74) is 4.37. The van der Waals surface area contributed by atoms with Crippen LogP contribution in [0.3, 0.4) is 0 Å². The minimum Gasteiger partial charge on any atom is -0.313 e. The monoisotopic (exact) mass is 356 g/mol. The molecule has 0 saturated carbocycles. The molecule has 3 aromatic rings. The minimum absolute atomic E-state index is 0.384. The van der Waals surface area contributed by atoms with E-state index >= 15 is 4.39 Å². The van der Waals surface area contributed by atoms with Gasteiger partial charge in [0.2, 0.25) is 0 Å². The van der Waals surface area contributed by atoms with E-state index < -0.39 is 6.30 Å². The maximum atomic E-state index is 15.4. The molecule has 4 rings (SSSR count). The van der Waals surface area contributed by atoms with Gasteiger partial charge in [-0.2, -0.15) is 0 Å². The van der Waals surface area contributed by atoms with Gasteiger partial charge in [0.15, 0.2) is 6.30 Å². The zero-order chi connectivity index (χ0) is 17.4. The van der Waals surface area contributed by atoms with Crippen molar-refractivity contribution in [1.82, 2.24) is 9.47 Å². The molecule has 1 aliphatic heterocycles. The van der Waals surface area contributed by atoms with Crippen LogP contribution in [0, 0.1) is 0 Å². The molecule has 0 amide bonds. The third-order valence-electron chi connectivity index (χ3n) is 5.18. The lowest BCUT2D eigenvalue weighted by Crippen LogP contribution is -2.21. The van der Waals surface area contributed by atoms with Crippen LogP contribution in [0.2, 0.25) is 5.02 Å². The summed E-state index contributed by atoms with van der Waals surface area (Å²) in [5.74, 6) is 0. The second-order valence-corrected chi connectivity index (χ2v) is 7.32. The predicted octanol–water partition coefficient (Wildman–Crippen LogP) is 5.04. The third-order valence-corrected chi connectivity index (χ3v) is 5.42. The van der Waals surface area contributed by atoms with Crippen molar-refractivity contribution in [2.24, 2.45) is 0 Å². The van der Waals surface area contributed by atoms with Gasteiger partial charge in [-0.1, -0.05) is 41.9 Å². The molecule has 1 aromatic heterocycles. The smallest absolute Gasteiger partial charge is 0.180 e. The molecule has 130 valence electrons. The minimum atomic E-state index is -1.07. The molecule has 4 heteroatoms. The normalized spacial score (nSPS) is 16.6. The summed E-state index contributed by atoms with van der Waals surface area (Å²) in [4.78, 5) is 2.31. The van der Waals surface area contributed by atoms with Gasteiger partial charge >= 0.3 is 0 Å². The van der Waals surface area contributed by atoms with Gasteiger partial charge in [0, 0.05) is 42.0 Å². The average Bonchev–Trinajstić information content (AvgIpc) is 2.78. The first-order valence-corrected chi connectivity index (χ1v) is 9.19. The Hall–Kier alpha value is -1.84. The second kappa shape index (κ2) is 6.81. The molecule has 25 heavy (non-hydrogen) atoms. The number of hydrogen-bond donors (Lipinski definition) is 0. The van der Waals surface area contributed by atoms with E-state index in [0.29, 0.717) is 11.4 Å². The van der Waals surface area contributed by atoms with Gasteiger partial charge in [-0.15, -0.1) is 0 Å². The van der Waals surface area contributed by atoms with E-state index in [-0.39, 0.29) is 0 Å². The lowest BCUT2D eigenvalue weighted by Gasteiger charge is -2.17. The number of halogens is 2. The van der Waals surface area contributed by atoms with Crippen LogP contribution in [-0.2, 0) is 19.3 Å². The lowest BCUT2D eigenvalue weighted by atomic mass is 10.1. The molecule has 0 aliphatic carbocycles. The second-order valence-electron chi connectivity index (χ2n) is 6.88. The first kappa shape index (κ1) is 16.6. The lowest BCUT2D eigenvalue weighted by molar-refractivity contribution is 0.240. The first-order valence-electron chi connectivity index (χ1n) is 8.81. The fourth-order valence-electron chi connectivity index (χ4n) is 3.89. The molecule has 1 atom stereocenters. The summed E-state index contributed by atoms with van der Waals surface area (Å²) in [7, 11) is 2.13. The molecule has 0 radical (unpaired) electrons. The maximum absolute atomic E-state index is 15.4. The standard InChI is InChI=1S/C21H22ClFN2/c1-24-11-9-17-18-14-16(22)7-8-19(18)25(20(17)10-12-24)21(23)13-15-5-3-2-4-6-15/h2-8,14,21H,9-13H2,1H3. The third kappa shape index (κ3) is 3.19. The number of benzene rings is 2. The summed E-state index contributed by atoms with van der Waals surface area (Å²) in [6.45, 7) is 1.95. The Balaban J connectivity index is 1.82. The molecule has 2 nitrogen and oxygen atoms in total. The Morgan fingerprint density at radius 2 is 1.84 bits per heavy atom. The predicted molar refractivity (Wildman–Crippen MR) is 102 cm³/mol. The van der Waals surface area contributed by atoms with Crippen molar-refractivity contribution in [2.75, 3.05) is 20.1 Å². The van der Waals surface area contributed by atoms with Crippen molar-refractivity contribution in [1.29, 1.82) is 0 Å². The summed E-state index contributed by atoms with van der Waals surface area (Å²) < 4.78 is 17.3. The quantitative estimate of drug-likeness (QED) is 0.638. The van der Waals surface area contributed by atoms with E-state index in [9.17, 15) is 0 Å². The van der Waals surface area contributed by atoms with Crippen LogP contribution in [0.5, 0.6) is 0 Å². The van der Waals surface area contributed by atoms with Crippen LogP contribution in [0.1, 0.15) is 23.1 Å². The summed E-state index contributed by atoms with van der Waals surface area (Å²) in [5, 5.41) is 1.82. The summed E-state index contributed by atoms with van der Waals surface area (Å²) in [6.07, 6.45) is 1.12. The Morgan fingerprint density at radius 3 is 2.64 bits per heavy atom. The Bertz CT molecular complexity index is 888. The Labute approximate surface area is 152 Å².